The van der Waals surface area contributed by atoms with E-state index in [9.17, 15) is 4.79 Å². The quantitative estimate of drug-likeness (QED) is 0.863. The second-order valence-electron chi connectivity index (χ2n) is 7.65. The van der Waals surface area contributed by atoms with Gasteiger partial charge in [-0.05, 0) is 37.0 Å². The third-order valence-corrected chi connectivity index (χ3v) is 5.75. The van der Waals surface area contributed by atoms with Gasteiger partial charge < -0.3 is 15.0 Å². The van der Waals surface area contributed by atoms with Crippen molar-refractivity contribution in [3.05, 3.63) is 53.1 Å². The molecule has 1 atom stereocenters. The number of ether oxygens (including phenoxy) is 1. The van der Waals surface area contributed by atoms with Gasteiger partial charge in [0, 0.05) is 62.4 Å². The summed E-state index contributed by atoms with van der Waals surface area (Å²) in [6, 6.07) is 7.95. The van der Waals surface area contributed by atoms with Gasteiger partial charge in [-0.25, -0.2) is 9.97 Å². The number of hydrogen-bond acceptors (Lipinski definition) is 5. The number of piperidine rings is 1. The lowest BCUT2D eigenvalue weighted by atomic mass is 9.96. The zero-order chi connectivity index (χ0) is 19.3. The number of carbonyl (C=O) groups is 1. The zero-order valence-electron chi connectivity index (χ0n) is 16.5. The third-order valence-electron chi connectivity index (χ3n) is 5.75. The lowest BCUT2D eigenvalue weighted by Crippen LogP contribution is -2.39. The Bertz CT molecular complexity index is 822. The van der Waals surface area contributed by atoms with Gasteiger partial charge >= 0.3 is 0 Å². The molecule has 0 bridgehead atoms. The maximum atomic E-state index is 12.8. The summed E-state index contributed by atoms with van der Waals surface area (Å²) in [6.07, 6.45) is 6.29. The molecular weight excluding hydrogens is 352 g/mol. The van der Waals surface area contributed by atoms with E-state index in [4.69, 9.17) is 9.72 Å². The summed E-state index contributed by atoms with van der Waals surface area (Å²) in [4.78, 5) is 24.2. The second kappa shape index (κ2) is 8.69. The van der Waals surface area contributed by atoms with Crippen LogP contribution in [0.1, 0.15) is 47.8 Å². The number of fused-ring (bicyclic) bond motifs is 1. The van der Waals surface area contributed by atoms with Crippen molar-refractivity contribution in [3.8, 4) is 5.75 Å². The van der Waals surface area contributed by atoms with Gasteiger partial charge in [0.1, 0.15) is 11.6 Å². The van der Waals surface area contributed by atoms with Gasteiger partial charge in [-0.2, -0.15) is 0 Å². The van der Waals surface area contributed by atoms with E-state index in [1.54, 1.807) is 7.11 Å². The molecule has 2 aliphatic rings. The fourth-order valence-electron chi connectivity index (χ4n) is 4.06. The smallest absolute Gasteiger partial charge is 0.222 e. The fraction of sp³-hybridized carbons (Fsp3) is 0.500. The predicted octanol–water partition coefficient (Wildman–Crippen LogP) is 2.47. The van der Waals surface area contributed by atoms with Gasteiger partial charge in [-0.3, -0.25) is 4.79 Å². The van der Waals surface area contributed by atoms with Crippen molar-refractivity contribution >= 4 is 5.91 Å². The van der Waals surface area contributed by atoms with Crippen LogP contribution in [-0.2, 0) is 24.2 Å². The Balaban J connectivity index is 1.35. The Morgan fingerprint density at radius 2 is 2.18 bits per heavy atom. The molecule has 0 spiro atoms. The molecule has 1 amide bonds. The van der Waals surface area contributed by atoms with Crippen molar-refractivity contribution in [1.29, 1.82) is 0 Å². The number of aryl methyl sites for hydroxylation is 1. The number of rotatable bonds is 5. The highest BCUT2D eigenvalue weighted by atomic mass is 16.5. The molecule has 2 aliphatic heterocycles. The van der Waals surface area contributed by atoms with Crippen molar-refractivity contribution in [2.75, 3.05) is 26.7 Å². The lowest BCUT2D eigenvalue weighted by Gasteiger charge is -2.32. The van der Waals surface area contributed by atoms with Gasteiger partial charge in [0.05, 0.1) is 7.11 Å². The van der Waals surface area contributed by atoms with E-state index in [1.165, 1.54) is 11.3 Å². The van der Waals surface area contributed by atoms with Crippen molar-refractivity contribution in [2.45, 2.75) is 44.6 Å². The van der Waals surface area contributed by atoms with Gasteiger partial charge in [0.25, 0.3) is 0 Å². The van der Waals surface area contributed by atoms with E-state index in [2.05, 4.69) is 10.3 Å². The summed E-state index contributed by atoms with van der Waals surface area (Å²) in [5.74, 6) is 2.23. The van der Waals surface area contributed by atoms with E-state index in [0.717, 1.165) is 69.0 Å². The van der Waals surface area contributed by atoms with Crippen LogP contribution in [-0.4, -0.2) is 47.5 Å². The number of hydrogen-bond donors (Lipinski definition) is 1. The summed E-state index contributed by atoms with van der Waals surface area (Å²) in [5, 5.41) is 3.36. The van der Waals surface area contributed by atoms with Crippen LogP contribution in [0.5, 0.6) is 5.75 Å². The summed E-state index contributed by atoms with van der Waals surface area (Å²) in [5.41, 5.74) is 3.54. The van der Waals surface area contributed by atoms with Crippen molar-refractivity contribution < 1.29 is 9.53 Å². The number of aromatic nitrogens is 2. The first-order valence-corrected chi connectivity index (χ1v) is 10.2. The van der Waals surface area contributed by atoms with E-state index >= 15 is 0 Å². The Hall–Kier alpha value is -2.47. The Morgan fingerprint density at radius 3 is 3.00 bits per heavy atom. The molecule has 0 saturated carbocycles. The molecule has 1 N–H and O–H groups in total. The normalized spacial score (nSPS) is 19.2. The number of nitrogens with zero attached hydrogens (tertiary/aromatic N) is 3. The molecule has 148 valence electrons. The molecule has 1 aromatic carbocycles. The SMILES string of the molecule is COc1ccc(CCC(=O)N2CCCC(c3ncc4c(n3)CCNC4)C2)cc1. The van der Waals surface area contributed by atoms with Crippen LogP contribution in [0.15, 0.2) is 30.5 Å². The highest BCUT2D eigenvalue weighted by molar-refractivity contribution is 5.76. The third kappa shape index (κ3) is 4.33. The average molecular weight is 380 g/mol. The zero-order valence-corrected chi connectivity index (χ0v) is 16.5. The minimum Gasteiger partial charge on any atom is -0.497 e. The van der Waals surface area contributed by atoms with E-state index in [-0.39, 0.29) is 11.8 Å². The summed E-state index contributed by atoms with van der Waals surface area (Å²) in [6.45, 7) is 3.41. The molecule has 0 radical (unpaired) electrons. The Labute approximate surface area is 166 Å². The number of nitrogens with one attached hydrogen (secondary N) is 1. The Morgan fingerprint density at radius 1 is 1.32 bits per heavy atom. The summed E-state index contributed by atoms with van der Waals surface area (Å²) >= 11 is 0. The van der Waals surface area contributed by atoms with Gasteiger partial charge in [0.15, 0.2) is 0 Å². The van der Waals surface area contributed by atoms with Crippen LogP contribution < -0.4 is 10.1 Å². The number of methoxy groups -OCH3 is 1. The largest absolute Gasteiger partial charge is 0.497 e. The highest BCUT2D eigenvalue weighted by Gasteiger charge is 2.27. The van der Waals surface area contributed by atoms with E-state index in [1.807, 2.05) is 35.4 Å². The molecule has 3 heterocycles. The highest BCUT2D eigenvalue weighted by Crippen LogP contribution is 2.26. The van der Waals surface area contributed by atoms with Crippen LogP contribution in [0.2, 0.25) is 0 Å². The van der Waals surface area contributed by atoms with Crippen molar-refractivity contribution in [1.82, 2.24) is 20.2 Å². The molecule has 1 fully saturated rings. The molecule has 0 aliphatic carbocycles. The molecule has 4 rings (SSSR count). The van der Waals surface area contributed by atoms with Gasteiger partial charge in [-0.1, -0.05) is 12.1 Å². The molecule has 28 heavy (non-hydrogen) atoms. The first-order valence-electron chi connectivity index (χ1n) is 10.2. The standard InChI is InChI=1S/C22H28N4O2/c1-28-19-7-4-16(5-8-19)6-9-21(27)26-12-2-3-17(15-26)22-24-14-18-13-23-11-10-20(18)25-22/h4-5,7-8,14,17,23H,2-3,6,9-13,15H2,1H3. The average Bonchev–Trinajstić information content (AvgIpc) is 2.77. The molecule has 1 aromatic heterocycles. The number of amides is 1. The molecule has 6 nitrogen and oxygen atoms in total. The number of benzene rings is 1. The lowest BCUT2D eigenvalue weighted by molar-refractivity contribution is -0.132. The number of carbonyl (C=O) groups excluding carboxylic acids is 1. The number of likely N-dealkylation sites (tertiary alicyclic amines) is 1. The Kier molecular flexibility index (Phi) is 5.86. The van der Waals surface area contributed by atoms with Gasteiger partial charge in [-0.15, -0.1) is 0 Å². The second-order valence-corrected chi connectivity index (χ2v) is 7.65. The van der Waals surface area contributed by atoms with Gasteiger partial charge in [0.2, 0.25) is 5.91 Å². The van der Waals surface area contributed by atoms with Crippen LogP contribution >= 0.6 is 0 Å². The summed E-state index contributed by atoms with van der Waals surface area (Å²) < 4.78 is 5.19. The predicted molar refractivity (Wildman–Crippen MR) is 107 cm³/mol. The minimum absolute atomic E-state index is 0.225. The van der Waals surface area contributed by atoms with Crippen LogP contribution in [0.4, 0.5) is 0 Å². The first-order chi connectivity index (χ1) is 13.7. The minimum atomic E-state index is 0.225. The maximum Gasteiger partial charge on any atom is 0.222 e. The van der Waals surface area contributed by atoms with E-state index in [0.29, 0.717) is 6.42 Å². The molecule has 1 unspecified atom stereocenters. The first kappa shape index (κ1) is 18.9. The molecular formula is C22H28N4O2. The van der Waals surface area contributed by atoms with Crippen LogP contribution in [0, 0.1) is 0 Å². The molecule has 2 aromatic rings. The fourth-order valence-corrected chi connectivity index (χ4v) is 4.06. The van der Waals surface area contributed by atoms with E-state index < -0.39 is 0 Å². The van der Waals surface area contributed by atoms with Crippen molar-refractivity contribution in [3.63, 3.8) is 0 Å². The van der Waals surface area contributed by atoms with Crippen LogP contribution in [0.25, 0.3) is 0 Å². The topological polar surface area (TPSA) is 67.3 Å². The summed E-state index contributed by atoms with van der Waals surface area (Å²) in [7, 11) is 1.66. The van der Waals surface area contributed by atoms with Crippen LogP contribution in [0.3, 0.4) is 0 Å². The monoisotopic (exact) mass is 380 g/mol. The maximum absolute atomic E-state index is 12.8. The molecule has 6 heteroatoms. The van der Waals surface area contributed by atoms with Crippen molar-refractivity contribution in [2.24, 2.45) is 0 Å². The molecule has 1 saturated heterocycles.